The van der Waals surface area contributed by atoms with E-state index in [1.165, 1.54) is 27.6 Å². The molecule has 4 rings (SSSR count). The van der Waals surface area contributed by atoms with Gasteiger partial charge in [-0.1, -0.05) is 6.07 Å². The van der Waals surface area contributed by atoms with Gasteiger partial charge in [0.1, 0.15) is 5.82 Å². The Morgan fingerprint density at radius 3 is 3.14 bits per heavy atom. The van der Waals surface area contributed by atoms with Crippen molar-refractivity contribution in [2.24, 2.45) is 0 Å². The van der Waals surface area contributed by atoms with Gasteiger partial charge in [-0.25, -0.2) is 4.98 Å². The van der Waals surface area contributed by atoms with E-state index in [1.54, 1.807) is 11.3 Å². The third-order valence-electron chi connectivity index (χ3n) is 4.17. The second-order valence-corrected chi connectivity index (χ2v) is 6.49. The van der Waals surface area contributed by atoms with Crippen LogP contribution in [-0.4, -0.2) is 4.98 Å². The predicted octanol–water partition coefficient (Wildman–Crippen LogP) is 4.37. The van der Waals surface area contributed by atoms with E-state index < -0.39 is 0 Å². The van der Waals surface area contributed by atoms with Crippen molar-refractivity contribution in [1.82, 2.24) is 4.98 Å². The van der Waals surface area contributed by atoms with Gasteiger partial charge in [0.05, 0.1) is 6.04 Å². The summed E-state index contributed by atoms with van der Waals surface area (Å²) in [6, 6.07) is 10.8. The largest absolute Gasteiger partial charge is 0.399 e. The average molecular weight is 295 g/mol. The molecule has 1 aliphatic carbocycles. The van der Waals surface area contributed by atoms with Crippen molar-refractivity contribution in [3.8, 4) is 0 Å². The Hall–Kier alpha value is -2.07. The highest BCUT2D eigenvalue weighted by atomic mass is 32.1. The first-order valence-electron chi connectivity index (χ1n) is 7.28. The molecule has 2 heterocycles. The van der Waals surface area contributed by atoms with Crippen LogP contribution in [0.3, 0.4) is 0 Å². The maximum Gasteiger partial charge on any atom is 0.135 e. The number of anilines is 2. The molecule has 1 atom stereocenters. The van der Waals surface area contributed by atoms with Gasteiger partial charge in [-0.15, -0.1) is 11.3 Å². The van der Waals surface area contributed by atoms with Crippen LogP contribution in [0.4, 0.5) is 11.5 Å². The van der Waals surface area contributed by atoms with Gasteiger partial charge in [-0.05, 0) is 60.0 Å². The van der Waals surface area contributed by atoms with Gasteiger partial charge in [0.15, 0.2) is 0 Å². The zero-order valence-corrected chi connectivity index (χ0v) is 12.5. The number of hydrogen-bond donors (Lipinski definition) is 2. The molecule has 21 heavy (non-hydrogen) atoms. The maximum atomic E-state index is 5.91. The molecule has 0 amide bonds. The Labute approximate surface area is 127 Å². The lowest BCUT2D eigenvalue weighted by molar-refractivity contribution is 0.599. The molecular weight excluding hydrogens is 278 g/mol. The number of aromatic nitrogens is 1. The van der Waals surface area contributed by atoms with Crippen LogP contribution in [0.15, 0.2) is 41.9 Å². The molecule has 106 valence electrons. The summed E-state index contributed by atoms with van der Waals surface area (Å²) in [6.07, 6.45) is 5.33. The Bertz CT molecular complexity index is 794. The van der Waals surface area contributed by atoms with E-state index in [2.05, 4.69) is 39.9 Å². The summed E-state index contributed by atoms with van der Waals surface area (Å²) < 4.78 is 1.28. The number of fused-ring (bicyclic) bond motifs is 2. The number of rotatable bonds is 2. The fourth-order valence-corrected chi connectivity index (χ4v) is 3.94. The minimum Gasteiger partial charge on any atom is -0.399 e. The second-order valence-electron chi connectivity index (χ2n) is 5.54. The van der Waals surface area contributed by atoms with Crippen molar-refractivity contribution in [1.29, 1.82) is 0 Å². The minimum atomic E-state index is 0.326. The zero-order chi connectivity index (χ0) is 14.2. The van der Waals surface area contributed by atoms with Crippen LogP contribution in [-0.2, 0) is 6.42 Å². The molecule has 1 aliphatic rings. The molecule has 0 bridgehead atoms. The van der Waals surface area contributed by atoms with Gasteiger partial charge in [-0.3, -0.25) is 0 Å². The van der Waals surface area contributed by atoms with Crippen LogP contribution in [0.1, 0.15) is 30.0 Å². The van der Waals surface area contributed by atoms with Crippen LogP contribution < -0.4 is 11.1 Å². The lowest BCUT2D eigenvalue weighted by Crippen LogP contribution is -2.18. The summed E-state index contributed by atoms with van der Waals surface area (Å²) in [5, 5.41) is 6.97. The summed E-state index contributed by atoms with van der Waals surface area (Å²) in [7, 11) is 0. The quantitative estimate of drug-likeness (QED) is 0.690. The van der Waals surface area contributed by atoms with E-state index in [-0.39, 0.29) is 0 Å². The molecule has 3 aromatic rings. The SMILES string of the molecule is Nc1ccc2c(c1)CCCC2Nc1nccc2sccc12. The van der Waals surface area contributed by atoms with Crippen LogP contribution in [0, 0.1) is 0 Å². The van der Waals surface area contributed by atoms with E-state index in [1.807, 2.05) is 12.3 Å². The van der Waals surface area contributed by atoms with Crippen molar-refractivity contribution in [2.75, 3.05) is 11.1 Å². The summed E-state index contributed by atoms with van der Waals surface area (Å²) >= 11 is 1.75. The molecule has 2 aromatic heterocycles. The Morgan fingerprint density at radius 1 is 1.24 bits per heavy atom. The molecule has 0 aliphatic heterocycles. The zero-order valence-electron chi connectivity index (χ0n) is 11.7. The second kappa shape index (κ2) is 5.04. The summed E-state index contributed by atoms with van der Waals surface area (Å²) in [4.78, 5) is 4.53. The number of benzene rings is 1. The predicted molar refractivity (Wildman–Crippen MR) is 89.8 cm³/mol. The molecule has 1 unspecified atom stereocenters. The van der Waals surface area contributed by atoms with Gasteiger partial charge < -0.3 is 11.1 Å². The normalized spacial score (nSPS) is 17.6. The summed E-state index contributed by atoms with van der Waals surface area (Å²) in [6.45, 7) is 0. The first-order valence-corrected chi connectivity index (χ1v) is 8.16. The van der Waals surface area contributed by atoms with E-state index in [0.29, 0.717) is 6.04 Å². The number of pyridine rings is 1. The lowest BCUT2D eigenvalue weighted by Gasteiger charge is -2.27. The number of hydrogen-bond acceptors (Lipinski definition) is 4. The van der Waals surface area contributed by atoms with Crippen LogP contribution in [0.25, 0.3) is 10.1 Å². The van der Waals surface area contributed by atoms with Gasteiger partial charge >= 0.3 is 0 Å². The molecule has 3 N–H and O–H groups in total. The first-order chi connectivity index (χ1) is 10.3. The van der Waals surface area contributed by atoms with Crippen molar-refractivity contribution in [2.45, 2.75) is 25.3 Å². The van der Waals surface area contributed by atoms with Gasteiger partial charge in [0.25, 0.3) is 0 Å². The fraction of sp³-hybridized carbons (Fsp3) is 0.235. The van der Waals surface area contributed by atoms with E-state index in [4.69, 9.17) is 5.73 Å². The highest BCUT2D eigenvalue weighted by Crippen LogP contribution is 2.35. The number of nitrogen functional groups attached to an aromatic ring is 1. The summed E-state index contributed by atoms with van der Waals surface area (Å²) in [5.41, 5.74) is 9.50. The van der Waals surface area contributed by atoms with Gasteiger partial charge in [0.2, 0.25) is 0 Å². The Kier molecular flexibility index (Phi) is 3.04. The molecular formula is C17H17N3S. The topological polar surface area (TPSA) is 50.9 Å². The monoisotopic (exact) mass is 295 g/mol. The van der Waals surface area contributed by atoms with Crippen molar-refractivity contribution < 1.29 is 0 Å². The van der Waals surface area contributed by atoms with Crippen molar-refractivity contribution in [3.63, 3.8) is 0 Å². The standard InChI is InChI=1S/C17H17N3S/c18-12-4-5-13-11(10-12)2-1-3-15(13)20-17-14-7-9-21-16(14)6-8-19-17/h4-10,15H,1-3,18H2,(H,19,20). The molecule has 0 saturated carbocycles. The van der Waals surface area contributed by atoms with Crippen LogP contribution >= 0.6 is 11.3 Å². The molecule has 0 spiro atoms. The molecule has 4 heteroatoms. The van der Waals surface area contributed by atoms with E-state index in [9.17, 15) is 0 Å². The Balaban J connectivity index is 1.71. The van der Waals surface area contributed by atoms with E-state index in [0.717, 1.165) is 24.3 Å². The number of aryl methyl sites for hydroxylation is 1. The molecule has 0 fully saturated rings. The number of nitrogens with zero attached hydrogens (tertiary/aromatic N) is 1. The lowest BCUT2D eigenvalue weighted by atomic mass is 9.87. The third-order valence-corrected chi connectivity index (χ3v) is 5.05. The van der Waals surface area contributed by atoms with Crippen LogP contribution in [0.5, 0.6) is 0 Å². The van der Waals surface area contributed by atoms with Gasteiger partial charge in [0, 0.05) is 22.0 Å². The Morgan fingerprint density at radius 2 is 2.19 bits per heavy atom. The fourth-order valence-electron chi connectivity index (χ4n) is 3.16. The smallest absolute Gasteiger partial charge is 0.135 e. The average Bonchev–Trinajstić information content (AvgIpc) is 2.97. The maximum absolute atomic E-state index is 5.91. The number of nitrogens with one attached hydrogen (secondary N) is 1. The minimum absolute atomic E-state index is 0.326. The molecule has 1 aromatic carbocycles. The first kappa shape index (κ1) is 12.7. The van der Waals surface area contributed by atoms with Gasteiger partial charge in [-0.2, -0.15) is 0 Å². The number of thiophene rings is 1. The van der Waals surface area contributed by atoms with Crippen LogP contribution in [0.2, 0.25) is 0 Å². The molecule has 0 radical (unpaired) electrons. The molecule has 3 nitrogen and oxygen atoms in total. The number of nitrogens with two attached hydrogens (primary N) is 1. The van der Waals surface area contributed by atoms with Crippen molar-refractivity contribution >= 4 is 32.9 Å². The molecule has 0 saturated heterocycles. The van der Waals surface area contributed by atoms with Crippen molar-refractivity contribution in [3.05, 3.63) is 53.0 Å². The van der Waals surface area contributed by atoms with E-state index >= 15 is 0 Å². The highest BCUT2D eigenvalue weighted by Gasteiger charge is 2.21. The third kappa shape index (κ3) is 2.25. The summed E-state index contributed by atoms with van der Waals surface area (Å²) in [5.74, 6) is 0.989. The highest BCUT2D eigenvalue weighted by molar-refractivity contribution is 7.17.